The quantitative estimate of drug-likeness (QED) is 0.743. The first-order chi connectivity index (χ1) is 8.40. The molecule has 1 aromatic heterocycles. The molecule has 0 aliphatic heterocycles. The number of halogens is 2. The Bertz CT molecular complexity index is 672. The number of aromatic nitrogens is 2. The standard InChI is InChI=1S/C9H8BrFN4O2S/c10-5-3-6(11)7(12)4-8(5)18(16,17)15-9-13-1-2-14-9/h1-4H,12H2,(H2,13,14,15). The summed E-state index contributed by atoms with van der Waals surface area (Å²) >= 11 is 2.98. The van der Waals surface area contributed by atoms with Crippen LogP contribution in [0.4, 0.5) is 16.0 Å². The molecule has 1 aromatic carbocycles. The molecule has 0 aliphatic carbocycles. The van der Waals surface area contributed by atoms with Crippen molar-refractivity contribution in [1.82, 2.24) is 9.97 Å². The summed E-state index contributed by atoms with van der Waals surface area (Å²) < 4.78 is 39.4. The Balaban J connectivity index is 2.44. The topological polar surface area (TPSA) is 101 Å². The Kier molecular flexibility index (Phi) is 3.26. The lowest BCUT2D eigenvalue weighted by Crippen LogP contribution is -2.15. The van der Waals surface area contributed by atoms with Crippen molar-refractivity contribution in [3.63, 3.8) is 0 Å². The van der Waals surface area contributed by atoms with Gasteiger partial charge in [0.05, 0.1) is 5.69 Å². The average Bonchev–Trinajstić information content (AvgIpc) is 2.75. The van der Waals surface area contributed by atoms with Gasteiger partial charge in [-0.3, -0.25) is 0 Å². The zero-order chi connectivity index (χ0) is 13.3. The van der Waals surface area contributed by atoms with E-state index in [0.29, 0.717) is 0 Å². The number of nitrogens with two attached hydrogens (primary N) is 1. The molecule has 18 heavy (non-hydrogen) atoms. The second kappa shape index (κ2) is 4.58. The van der Waals surface area contributed by atoms with Crippen molar-refractivity contribution in [1.29, 1.82) is 0 Å². The van der Waals surface area contributed by atoms with Crippen molar-refractivity contribution in [3.05, 3.63) is 34.8 Å². The maximum absolute atomic E-state index is 13.1. The maximum atomic E-state index is 13.1. The van der Waals surface area contributed by atoms with Gasteiger partial charge < -0.3 is 10.7 Å². The third-order valence-electron chi connectivity index (χ3n) is 2.07. The van der Waals surface area contributed by atoms with Crippen molar-refractivity contribution in [2.75, 3.05) is 10.5 Å². The van der Waals surface area contributed by atoms with E-state index in [2.05, 4.69) is 30.6 Å². The number of hydrogen-bond acceptors (Lipinski definition) is 4. The van der Waals surface area contributed by atoms with Crippen LogP contribution >= 0.6 is 15.9 Å². The van der Waals surface area contributed by atoms with Gasteiger partial charge in [0.2, 0.25) is 5.95 Å². The lowest BCUT2D eigenvalue weighted by molar-refractivity contribution is 0.599. The van der Waals surface area contributed by atoms with Gasteiger partial charge in [0.1, 0.15) is 10.7 Å². The minimum atomic E-state index is -3.89. The Morgan fingerprint density at radius 3 is 2.78 bits per heavy atom. The van der Waals surface area contributed by atoms with Crippen molar-refractivity contribution in [2.45, 2.75) is 4.90 Å². The fourth-order valence-corrected chi connectivity index (χ4v) is 3.28. The zero-order valence-electron chi connectivity index (χ0n) is 8.81. The van der Waals surface area contributed by atoms with Crippen LogP contribution in [0.3, 0.4) is 0 Å². The second-order valence-corrected chi connectivity index (χ2v) is 5.85. The molecule has 1 heterocycles. The summed E-state index contributed by atoms with van der Waals surface area (Å²) in [6.07, 6.45) is 2.86. The third-order valence-corrected chi connectivity index (χ3v) is 4.37. The predicted octanol–water partition coefficient (Wildman–Crippen LogP) is 1.69. The minimum Gasteiger partial charge on any atom is -0.396 e. The summed E-state index contributed by atoms with van der Waals surface area (Å²) in [6, 6.07) is 2.02. The van der Waals surface area contributed by atoms with Crippen LogP contribution in [0.25, 0.3) is 0 Å². The first-order valence-corrected chi connectivity index (χ1v) is 6.94. The van der Waals surface area contributed by atoms with E-state index in [1.807, 2.05) is 0 Å². The maximum Gasteiger partial charge on any atom is 0.265 e. The lowest BCUT2D eigenvalue weighted by atomic mass is 10.3. The molecule has 96 valence electrons. The van der Waals surface area contributed by atoms with Crippen molar-refractivity contribution in [2.24, 2.45) is 0 Å². The van der Waals surface area contributed by atoms with E-state index in [0.717, 1.165) is 12.1 Å². The molecule has 0 amide bonds. The van der Waals surface area contributed by atoms with Crippen LogP contribution in [0.1, 0.15) is 0 Å². The summed E-state index contributed by atoms with van der Waals surface area (Å²) in [5.74, 6) is -0.636. The predicted molar refractivity (Wildman–Crippen MR) is 67.9 cm³/mol. The van der Waals surface area contributed by atoms with Crippen LogP contribution in [0.5, 0.6) is 0 Å². The Labute approximate surface area is 111 Å². The van der Waals surface area contributed by atoms with E-state index in [1.165, 1.54) is 12.4 Å². The monoisotopic (exact) mass is 334 g/mol. The molecule has 0 aliphatic rings. The van der Waals surface area contributed by atoms with E-state index < -0.39 is 15.8 Å². The average molecular weight is 335 g/mol. The van der Waals surface area contributed by atoms with Gasteiger partial charge in [0.25, 0.3) is 10.0 Å². The molecule has 0 spiro atoms. The first kappa shape index (κ1) is 12.8. The SMILES string of the molecule is Nc1cc(S(=O)(=O)Nc2ncc[nH]2)c(Br)cc1F. The van der Waals surface area contributed by atoms with Crippen LogP contribution in [0, 0.1) is 5.82 Å². The third kappa shape index (κ3) is 2.46. The fraction of sp³-hybridized carbons (Fsp3) is 0. The van der Waals surface area contributed by atoms with E-state index in [1.54, 1.807) is 0 Å². The van der Waals surface area contributed by atoms with Crippen molar-refractivity contribution >= 4 is 37.6 Å². The van der Waals surface area contributed by atoms with Gasteiger partial charge in [-0.1, -0.05) is 0 Å². The lowest BCUT2D eigenvalue weighted by Gasteiger charge is -2.08. The molecule has 2 rings (SSSR count). The van der Waals surface area contributed by atoms with Gasteiger partial charge in [0, 0.05) is 16.9 Å². The second-order valence-electron chi connectivity index (χ2n) is 3.35. The zero-order valence-corrected chi connectivity index (χ0v) is 11.2. The number of rotatable bonds is 3. The summed E-state index contributed by atoms with van der Waals surface area (Å²) in [5.41, 5.74) is 5.10. The number of nitrogens with one attached hydrogen (secondary N) is 2. The molecule has 0 atom stereocenters. The Hall–Kier alpha value is -1.61. The van der Waals surface area contributed by atoms with Crippen LogP contribution in [0.15, 0.2) is 33.9 Å². The molecule has 6 nitrogen and oxygen atoms in total. The highest BCUT2D eigenvalue weighted by Gasteiger charge is 2.20. The molecule has 4 N–H and O–H groups in total. The fourth-order valence-electron chi connectivity index (χ4n) is 1.25. The summed E-state index contributed by atoms with van der Waals surface area (Å²) in [5, 5.41) is 0. The number of sulfonamides is 1. The number of benzene rings is 1. The van der Waals surface area contributed by atoms with Crippen LogP contribution in [-0.4, -0.2) is 18.4 Å². The van der Waals surface area contributed by atoms with Gasteiger partial charge >= 0.3 is 0 Å². The molecular formula is C9H8BrFN4O2S. The number of hydrogen-bond donors (Lipinski definition) is 3. The molecular weight excluding hydrogens is 327 g/mol. The molecule has 0 fully saturated rings. The highest BCUT2D eigenvalue weighted by atomic mass is 79.9. The van der Waals surface area contributed by atoms with E-state index >= 15 is 0 Å². The molecule has 0 unspecified atom stereocenters. The summed E-state index contributed by atoms with van der Waals surface area (Å²) in [6.45, 7) is 0. The highest BCUT2D eigenvalue weighted by Crippen LogP contribution is 2.27. The molecule has 9 heteroatoms. The largest absolute Gasteiger partial charge is 0.396 e. The molecule has 0 bridgehead atoms. The van der Waals surface area contributed by atoms with E-state index in [-0.39, 0.29) is 21.0 Å². The van der Waals surface area contributed by atoms with Gasteiger partial charge in [0.15, 0.2) is 0 Å². The number of imidazole rings is 1. The molecule has 0 saturated heterocycles. The van der Waals surface area contributed by atoms with Crippen LogP contribution in [0.2, 0.25) is 0 Å². The summed E-state index contributed by atoms with van der Waals surface area (Å²) in [4.78, 5) is 6.15. The van der Waals surface area contributed by atoms with Gasteiger partial charge in [-0.15, -0.1) is 0 Å². The summed E-state index contributed by atoms with van der Waals surface area (Å²) in [7, 11) is -3.89. The molecule has 2 aromatic rings. The van der Waals surface area contributed by atoms with Crippen molar-refractivity contribution in [3.8, 4) is 0 Å². The minimum absolute atomic E-state index is 0.0600. The smallest absolute Gasteiger partial charge is 0.265 e. The highest BCUT2D eigenvalue weighted by molar-refractivity contribution is 9.10. The van der Waals surface area contributed by atoms with Gasteiger partial charge in [-0.2, -0.15) is 0 Å². The van der Waals surface area contributed by atoms with Crippen LogP contribution in [-0.2, 0) is 10.0 Å². The first-order valence-electron chi connectivity index (χ1n) is 4.67. The molecule has 0 saturated carbocycles. The Morgan fingerprint density at radius 1 is 1.44 bits per heavy atom. The Morgan fingerprint density at radius 2 is 2.17 bits per heavy atom. The number of H-pyrrole nitrogens is 1. The number of anilines is 2. The number of nitrogen functional groups attached to an aromatic ring is 1. The van der Waals surface area contributed by atoms with E-state index in [4.69, 9.17) is 5.73 Å². The van der Waals surface area contributed by atoms with E-state index in [9.17, 15) is 12.8 Å². The number of nitrogens with zero attached hydrogens (tertiary/aromatic N) is 1. The van der Waals surface area contributed by atoms with Crippen molar-refractivity contribution < 1.29 is 12.8 Å². The van der Waals surface area contributed by atoms with Gasteiger partial charge in [-0.25, -0.2) is 22.5 Å². The molecule has 0 radical (unpaired) electrons. The van der Waals surface area contributed by atoms with Crippen LogP contribution < -0.4 is 10.5 Å². The normalized spacial score (nSPS) is 11.4. The van der Waals surface area contributed by atoms with Gasteiger partial charge in [-0.05, 0) is 28.1 Å². The number of aromatic amines is 1.